The zero-order valence-electron chi connectivity index (χ0n) is 19.7. The number of likely N-dealkylation sites (N-methyl/N-ethyl adjacent to an activating group) is 1. The first-order chi connectivity index (χ1) is 16.0. The fourth-order valence-corrected chi connectivity index (χ4v) is 4.34. The van der Waals surface area contributed by atoms with Gasteiger partial charge in [-0.2, -0.15) is 0 Å². The maximum absolute atomic E-state index is 12.8. The molecule has 174 valence electrons. The van der Waals surface area contributed by atoms with Crippen molar-refractivity contribution in [3.8, 4) is 22.8 Å². The summed E-state index contributed by atoms with van der Waals surface area (Å²) in [6.07, 6.45) is 4.68. The van der Waals surface area contributed by atoms with Crippen molar-refractivity contribution in [3.63, 3.8) is 0 Å². The van der Waals surface area contributed by atoms with Gasteiger partial charge in [0.15, 0.2) is 23.0 Å². The molecule has 3 aromatic rings. The van der Waals surface area contributed by atoms with Crippen molar-refractivity contribution in [2.45, 2.75) is 31.7 Å². The molecule has 0 radical (unpaired) electrons. The van der Waals surface area contributed by atoms with Crippen molar-refractivity contribution in [1.82, 2.24) is 15.4 Å². The van der Waals surface area contributed by atoms with Gasteiger partial charge in [-0.15, -0.1) is 0 Å². The molecule has 2 aromatic carbocycles. The van der Waals surface area contributed by atoms with E-state index in [2.05, 4.69) is 22.6 Å². The SMILES string of the molecule is COc1ccc([C@H](CNC(=O)c2cc(-c3ccc4c(c3)CCCC4)on2)N(C)C)cc1OC. The Morgan fingerprint density at radius 1 is 1.03 bits per heavy atom. The molecule has 0 saturated carbocycles. The largest absolute Gasteiger partial charge is 0.493 e. The summed E-state index contributed by atoms with van der Waals surface area (Å²) in [5, 5.41) is 7.00. The Morgan fingerprint density at radius 3 is 2.52 bits per heavy atom. The number of nitrogens with one attached hydrogen (secondary N) is 1. The lowest BCUT2D eigenvalue weighted by Gasteiger charge is -2.25. The van der Waals surface area contributed by atoms with Gasteiger partial charge in [0.1, 0.15) is 0 Å². The quantitative estimate of drug-likeness (QED) is 0.553. The summed E-state index contributed by atoms with van der Waals surface area (Å²) in [7, 11) is 7.16. The van der Waals surface area contributed by atoms with Crippen LogP contribution in [0.25, 0.3) is 11.3 Å². The molecule has 7 nitrogen and oxygen atoms in total. The minimum absolute atomic E-state index is 0.0548. The van der Waals surface area contributed by atoms with Crippen molar-refractivity contribution in [2.24, 2.45) is 0 Å². The van der Waals surface area contributed by atoms with Gasteiger partial charge in [-0.05, 0) is 74.7 Å². The molecule has 33 heavy (non-hydrogen) atoms. The molecule has 1 amide bonds. The third kappa shape index (κ3) is 5.03. The Hall–Kier alpha value is -3.32. The van der Waals surface area contributed by atoms with Crippen LogP contribution in [0.2, 0.25) is 0 Å². The lowest BCUT2D eigenvalue weighted by molar-refractivity contribution is 0.0933. The molecule has 0 saturated heterocycles. The van der Waals surface area contributed by atoms with E-state index in [4.69, 9.17) is 14.0 Å². The molecule has 1 atom stereocenters. The van der Waals surface area contributed by atoms with E-state index < -0.39 is 0 Å². The Balaban J connectivity index is 1.45. The number of rotatable bonds is 8. The molecular formula is C26H31N3O4. The standard InChI is InChI=1S/C26H31N3O4/c1-29(2)22(19-11-12-23(31-3)25(14-19)32-4)16-27-26(30)21-15-24(33-28-21)20-10-9-17-7-5-6-8-18(17)13-20/h9-15,22H,5-8,16H2,1-4H3,(H,27,30)/t22-/m0/s1. The highest BCUT2D eigenvalue weighted by molar-refractivity contribution is 5.93. The highest BCUT2D eigenvalue weighted by Gasteiger charge is 2.20. The van der Waals surface area contributed by atoms with Crippen molar-refractivity contribution in [2.75, 3.05) is 34.9 Å². The van der Waals surface area contributed by atoms with Gasteiger partial charge in [0, 0.05) is 18.2 Å². The summed E-state index contributed by atoms with van der Waals surface area (Å²) in [4.78, 5) is 14.9. The minimum Gasteiger partial charge on any atom is -0.493 e. The number of ether oxygens (including phenoxy) is 2. The number of fused-ring (bicyclic) bond motifs is 1. The summed E-state index contributed by atoms with van der Waals surface area (Å²) < 4.78 is 16.3. The van der Waals surface area contributed by atoms with E-state index in [1.807, 2.05) is 43.3 Å². The lowest BCUT2D eigenvalue weighted by atomic mass is 9.90. The smallest absolute Gasteiger partial charge is 0.273 e. The van der Waals surface area contributed by atoms with Crippen LogP contribution in [0.3, 0.4) is 0 Å². The van der Waals surface area contributed by atoms with Crippen molar-refractivity contribution in [3.05, 3.63) is 64.8 Å². The lowest BCUT2D eigenvalue weighted by Crippen LogP contribution is -2.34. The molecule has 0 spiro atoms. The fraction of sp³-hybridized carbons (Fsp3) is 0.385. The number of hydrogen-bond acceptors (Lipinski definition) is 6. The number of methoxy groups -OCH3 is 2. The number of hydrogen-bond donors (Lipinski definition) is 1. The zero-order valence-corrected chi connectivity index (χ0v) is 19.7. The molecule has 0 unspecified atom stereocenters. The highest BCUT2D eigenvalue weighted by atomic mass is 16.5. The number of carbonyl (C=O) groups is 1. The van der Waals surface area contributed by atoms with Crippen LogP contribution >= 0.6 is 0 Å². The second-order valence-corrected chi connectivity index (χ2v) is 8.57. The summed E-state index contributed by atoms with van der Waals surface area (Å²) in [6.45, 7) is 0.405. The van der Waals surface area contributed by atoms with Crippen LogP contribution in [0.1, 0.15) is 46.1 Å². The Kier molecular flexibility index (Phi) is 6.99. The van der Waals surface area contributed by atoms with Gasteiger partial charge >= 0.3 is 0 Å². The molecule has 1 aliphatic carbocycles. The first-order valence-electron chi connectivity index (χ1n) is 11.3. The predicted octanol–water partition coefficient (Wildman–Crippen LogP) is 4.27. The highest BCUT2D eigenvalue weighted by Crippen LogP contribution is 2.31. The van der Waals surface area contributed by atoms with Crippen molar-refractivity contribution < 1.29 is 18.8 Å². The van der Waals surface area contributed by atoms with Crippen LogP contribution in [-0.4, -0.2) is 50.8 Å². The predicted molar refractivity (Wildman–Crippen MR) is 127 cm³/mol. The van der Waals surface area contributed by atoms with E-state index in [-0.39, 0.29) is 17.6 Å². The summed E-state index contributed by atoms with van der Waals surface area (Å²) in [6, 6.07) is 13.8. The molecular weight excluding hydrogens is 418 g/mol. The maximum Gasteiger partial charge on any atom is 0.273 e. The van der Waals surface area contributed by atoms with Crippen molar-refractivity contribution >= 4 is 5.91 Å². The first kappa shape index (κ1) is 22.9. The average molecular weight is 450 g/mol. The maximum atomic E-state index is 12.8. The number of aromatic nitrogens is 1. The molecule has 0 fully saturated rings. The number of benzene rings is 2. The molecule has 7 heteroatoms. The van der Waals surface area contributed by atoms with Crippen LogP contribution in [0.5, 0.6) is 11.5 Å². The summed E-state index contributed by atoms with van der Waals surface area (Å²) in [5.74, 6) is 1.66. The van der Waals surface area contributed by atoms with Crippen LogP contribution < -0.4 is 14.8 Å². The van der Waals surface area contributed by atoms with E-state index in [1.165, 1.54) is 24.0 Å². The third-order valence-corrected chi connectivity index (χ3v) is 6.25. The van der Waals surface area contributed by atoms with Gasteiger partial charge in [-0.25, -0.2) is 0 Å². The number of amides is 1. The van der Waals surface area contributed by atoms with Gasteiger partial charge in [-0.3, -0.25) is 4.79 Å². The normalized spacial score (nSPS) is 14.0. The van der Waals surface area contributed by atoms with E-state index in [9.17, 15) is 4.79 Å². The van der Waals surface area contributed by atoms with E-state index in [0.29, 0.717) is 23.8 Å². The second-order valence-electron chi connectivity index (χ2n) is 8.57. The Bertz CT molecular complexity index is 1120. The molecule has 1 N–H and O–H groups in total. The van der Waals surface area contributed by atoms with E-state index >= 15 is 0 Å². The summed E-state index contributed by atoms with van der Waals surface area (Å²) >= 11 is 0. The Morgan fingerprint density at radius 2 is 1.79 bits per heavy atom. The zero-order chi connectivity index (χ0) is 23.4. The van der Waals surface area contributed by atoms with Crippen molar-refractivity contribution in [1.29, 1.82) is 0 Å². The van der Waals surface area contributed by atoms with Crippen LogP contribution in [0.15, 0.2) is 47.0 Å². The summed E-state index contributed by atoms with van der Waals surface area (Å²) in [5.41, 5.74) is 5.01. The monoisotopic (exact) mass is 449 g/mol. The molecule has 1 heterocycles. The third-order valence-electron chi connectivity index (χ3n) is 6.25. The van der Waals surface area contributed by atoms with Gasteiger partial charge in [0.25, 0.3) is 5.91 Å². The molecule has 1 aromatic heterocycles. The molecule has 4 rings (SSSR count). The fourth-order valence-electron chi connectivity index (χ4n) is 4.34. The van der Waals surface area contributed by atoms with Gasteiger partial charge < -0.3 is 24.2 Å². The number of carbonyl (C=O) groups excluding carboxylic acids is 1. The van der Waals surface area contributed by atoms with E-state index in [0.717, 1.165) is 24.0 Å². The number of aryl methyl sites for hydroxylation is 2. The van der Waals surface area contributed by atoms with Crippen LogP contribution in [0, 0.1) is 0 Å². The number of nitrogens with zero attached hydrogens (tertiary/aromatic N) is 2. The molecule has 1 aliphatic rings. The average Bonchev–Trinajstić information content (AvgIpc) is 3.34. The van der Waals surface area contributed by atoms with Gasteiger partial charge in [-0.1, -0.05) is 23.4 Å². The second kappa shape index (κ2) is 10.1. The molecule has 0 bridgehead atoms. The van der Waals surface area contributed by atoms with E-state index in [1.54, 1.807) is 20.3 Å². The molecule has 0 aliphatic heterocycles. The van der Waals surface area contributed by atoms with Gasteiger partial charge in [0.05, 0.1) is 20.3 Å². The van der Waals surface area contributed by atoms with Crippen LogP contribution in [-0.2, 0) is 12.8 Å². The minimum atomic E-state index is -0.268. The first-order valence-corrected chi connectivity index (χ1v) is 11.3. The topological polar surface area (TPSA) is 76.8 Å². The van der Waals surface area contributed by atoms with Gasteiger partial charge in [0.2, 0.25) is 0 Å². The Labute approximate surface area is 194 Å². The van der Waals surface area contributed by atoms with Crippen LogP contribution in [0.4, 0.5) is 0 Å².